The van der Waals surface area contributed by atoms with Crippen molar-refractivity contribution in [3.05, 3.63) is 16.5 Å². The number of hydrogen-bond acceptors (Lipinski definition) is 4. The van der Waals surface area contributed by atoms with Crippen LogP contribution in [-0.4, -0.2) is 26.5 Å². The molecule has 3 heterocycles. The molecule has 2 unspecified atom stereocenters. The second kappa shape index (κ2) is 4.84. The van der Waals surface area contributed by atoms with Crippen molar-refractivity contribution in [3.8, 4) is 0 Å². The van der Waals surface area contributed by atoms with Gasteiger partial charge in [-0.1, -0.05) is 0 Å². The van der Waals surface area contributed by atoms with Gasteiger partial charge in [0.25, 0.3) is 0 Å². The fourth-order valence-corrected chi connectivity index (χ4v) is 5.90. The number of hydrogen-bond donors (Lipinski definition) is 2. The van der Waals surface area contributed by atoms with E-state index in [9.17, 15) is 8.42 Å². The topological polar surface area (TPSA) is 58.2 Å². The lowest BCUT2D eigenvalue weighted by atomic mass is 10.0. The molecular formula is C13H20N2O2S2. The van der Waals surface area contributed by atoms with Gasteiger partial charge in [-0.3, -0.25) is 0 Å². The second-order valence-electron chi connectivity index (χ2n) is 5.73. The molecule has 2 saturated heterocycles. The molecule has 0 aliphatic carbocycles. The molecule has 4 nitrogen and oxygen atoms in total. The van der Waals surface area contributed by atoms with Crippen molar-refractivity contribution < 1.29 is 8.42 Å². The minimum Gasteiger partial charge on any atom is -0.311 e. The van der Waals surface area contributed by atoms with Crippen LogP contribution in [-0.2, 0) is 10.0 Å². The smallest absolute Gasteiger partial charge is 0.250 e. The minimum atomic E-state index is -3.34. The van der Waals surface area contributed by atoms with Gasteiger partial charge in [-0.15, -0.1) is 11.3 Å². The van der Waals surface area contributed by atoms with Gasteiger partial charge in [-0.2, -0.15) is 0 Å². The zero-order chi connectivity index (χ0) is 13.6. The summed E-state index contributed by atoms with van der Waals surface area (Å²) in [5, 5.41) is 3.53. The largest absolute Gasteiger partial charge is 0.311 e. The molecule has 3 rings (SSSR count). The Balaban J connectivity index is 1.75. The molecule has 1 aromatic rings. The maximum Gasteiger partial charge on any atom is 0.250 e. The summed E-state index contributed by atoms with van der Waals surface area (Å²) in [6.07, 6.45) is 4.19. The summed E-state index contributed by atoms with van der Waals surface area (Å²) >= 11 is 1.36. The molecule has 1 aromatic heterocycles. The van der Waals surface area contributed by atoms with Gasteiger partial charge in [0.05, 0.1) is 0 Å². The van der Waals surface area contributed by atoms with Crippen molar-refractivity contribution in [2.24, 2.45) is 0 Å². The number of fused-ring (bicyclic) bond motifs is 2. The minimum absolute atomic E-state index is 0.0893. The quantitative estimate of drug-likeness (QED) is 0.897. The Bertz CT molecular complexity index is 548. The van der Waals surface area contributed by atoms with Crippen molar-refractivity contribution in [3.63, 3.8) is 0 Å². The fourth-order valence-electron chi connectivity index (χ4n) is 3.10. The average Bonchev–Trinajstić information content (AvgIpc) is 2.83. The Kier molecular flexibility index (Phi) is 3.45. The number of sulfonamides is 1. The van der Waals surface area contributed by atoms with Crippen LogP contribution in [0.4, 0.5) is 0 Å². The van der Waals surface area contributed by atoms with Crippen LogP contribution in [0.3, 0.4) is 0 Å². The van der Waals surface area contributed by atoms with Crippen LogP contribution >= 0.6 is 11.3 Å². The molecular weight excluding hydrogens is 280 g/mol. The van der Waals surface area contributed by atoms with Gasteiger partial charge in [0, 0.05) is 23.0 Å². The van der Waals surface area contributed by atoms with Crippen LogP contribution in [0, 0.1) is 13.8 Å². The van der Waals surface area contributed by atoms with E-state index in [-0.39, 0.29) is 6.04 Å². The number of rotatable bonds is 3. The number of aryl methyl sites for hydroxylation is 2. The van der Waals surface area contributed by atoms with Crippen LogP contribution in [0.2, 0.25) is 0 Å². The van der Waals surface area contributed by atoms with E-state index in [0.717, 1.165) is 23.3 Å². The lowest BCUT2D eigenvalue weighted by molar-refractivity contribution is 0.345. The Labute approximate surface area is 118 Å². The first kappa shape index (κ1) is 13.5. The van der Waals surface area contributed by atoms with E-state index in [4.69, 9.17) is 0 Å². The van der Waals surface area contributed by atoms with Gasteiger partial charge < -0.3 is 5.32 Å². The molecule has 2 fully saturated rings. The third kappa shape index (κ3) is 2.72. The highest BCUT2D eigenvalue weighted by atomic mass is 32.2. The molecule has 106 valence electrons. The van der Waals surface area contributed by atoms with Crippen molar-refractivity contribution in [2.45, 2.75) is 61.9 Å². The summed E-state index contributed by atoms with van der Waals surface area (Å²) in [4.78, 5) is 1.07. The monoisotopic (exact) mass is 300 g/mol. The molecule has 0 amide bonds. The van der Waals surface area contributed by atoms with Gasteiger partial charge >= 0.3 is 0 Å². The molecule has 0 aromatic carbocycles. The average molecular weight is 300 g/mol. The van der Waals surface area contributed by atoms with Crippen molar-refractivity contribution in [1.82, 2.24) is 10.0 Å². The van der Waals surface area contributed by atoms with Gasteiger partial charge in [-0.05, 0) is 51.2 Å². The zero-order valence-electron chi connectivity index (χ0n) is 11.3. The maximum absolute atomic E-state index is 12.4. The first-order chi connectivity index (χ1) is 8.94. The SMILES string of the molecule is Cc1cc(S(=O)(=O)NC2CC3CCC(C2)N3)sc1C. The third-order valence-electron chi connectivity index (χ3n) is 4.20. The summed E-state index contributed by atoms with van der Waals surface area (Å²) in [5.41, 5.74) is 1.05. The lowest BCUT2D eigenvalue weighted by Crippen LogP contribution is -2.47. The predicted octanol–water partition coefficient (Wildman–Crippen LogP) is 1.93. The molecule has 0 spiro atoms. The summed E-state index contributed by atoms with van der Waals surface area (Å²) < 4.78 is 28.1. The molecule has 6 heteroatoms. The fraction of sp³-hybridized carbons (Fsp3) is 0.692. The van der Waals surface area contributed by atoms with E-state index in [1.807, 2.05) is 13.8 Å². The van der Waals surface area contributed by atoms with Gasteiger partial charge in [0.2, 0.25) is 10.0 Å². The molecule has 19 heavy (non-hydrogen) atoms. The lowest BCUT2D eigenvalue weighted by Gasteiger charge is -2.29. The molecule has 2 N–H and O–H groups in total. The van der Waals surface area contributed by atoms with E-state index in [2.05, 4.69) is 10.0 Å². The number of piperidine rings is 1. The number of nitrogens with one attached hydrogen (secondary N) is 2. The van der Waals surface area contributed by atoms with Crippen molar-refractivity contribution in [2.75, 3.05) is 0 Å². The third-order valence-corrected chi connectivity index (χ3v) is 7.35. The molecule has 0 radical (unpaired) electrons. The van der Waals surface area contributed by atoms with E-state index in [1.165, 1.54) is 24.2 Å². The normalized spacial score (nSPS) is 30.7. The van der Waals surface area contributed by atoms with Crippen molar-refractivity contribution in [1.29, 1.82) is 0 Å². The highest BCUT2D eigenvalue weighted by Crippen LogP contribution is 2.29. The molecule has 2 aliphatic heterocycles. The van der Waals surface area contributed by atoms with Crippen LogP contribution in [0.1, 0.15) is 36.1 Å². The van der Waals surface area contributed by atoms with E-state index < -0.39 is 10.0 Å². The first-order valence-electron chi connectivity index (χ1n) is 6.79. The second-order valence-corrected chi connectivity index (χ2v) is 8.93. The summed E-state index contributed by atoms with van der Waals surface area (Å²) in [5.74, 6) is 0. The van der Waals surface area contributed by atoms with Crippen LogP contribution < -0.4 is 10.0 Å². The zero-order valence-corrected chi connectivity index (χ0v) is 12.9. The summed E-state index contributed by atoms with van der Waals surface area (Å²) in [6.45, 7) is 3.92. The van der Waals surface area contributed by atoms with Crippen LogP contribution in [0.5, 0.6) is 0 Å². The van der Waals surface area contributed by atoms with Crippen LogP contribution in [0.15, 0.2) is 10.3 Å². The summed E-state index contributed by atoms with van der Waals surface area (Å²) in [7, 11) is -3.34. The number of thiophene rings is 1. The molecule has 2 aliphatic rings. The van der Waals surface area contributed by atoms with Gasteiger partial charge in [0.1, 0.15) is 4.21 Å². The van der Waals surface area contributed by atoms with Gasteiger partial charge in [0.15, 0.2) is 0 Å². The van der Waals surface area contributed by atoms with Crippen LogP contribution in [0.25, 0.3) is 0 Å². The van der Waals surface area contributed by atoms with Crippen molar-refractivity contribution >= 4 is 21.4 Å². The molecule has 0 saturated carbocycles. The first-order valence-corrected chi connectivity index (χ1v) is 9.09. The Morgan fingerprint density at radius 2 is 1.89 bits per heavy atom. The molecule has 2 bridgehead atoms. The Morgan fingerprint density at radius 3 is 2.42 bits per heavy atom. The standard InChI is InChI=1S/C13H20N2O2S2/c1-8-5-13(18-9(8)2)19(16,17)15-12-6-10-3-4-11(7-12)14-10/h5,10-12,14-15H,3-4,6-7H2,1-2H3. The predicted molar refractivity (Wildman–Crippen MR) is 77.1 cm³/mol. The van der Waals surface area contributed by atoms with E-state index >= 15 is 0 Å². The highest BCUT2D eigenvalue weighted by molar-refractivity contribution is 7.91. The van der Waals surface area contributed by atoms with Gasteiger partial charge in [-0.25, -0.2) is 13.1 Å². The van der Waals surface area contributed by atoms with E-state index in [1.54, 1.807) is 6.07 Å². The van der Waals surface area contributed by atoms with E-state index in [0.29, 0.717) is 16.3 Å². The molecule has 2 atom stereocenters. The maximum atomic E-state index is 12.4. The summed E-state index contributed by atoms with van der Waals surface area (Å²) in [6, 6.07) is 2.86. The Morgan fingerprint density at radius 1 is 1.26 bits per heavy atom. The highest BCUT2D eigenvalue weighted by Gasteiger charge is 2.35. The Hall–Kier alpha value is -0.430.